The van der Waals surface area contributed by atoms with E-state index in [0.717, 1.165) is 6.42 Å². The number of hydrogen-bond donors (Lipinski definition) is 4. The second-order valence-electron chi connectivity index (χ2n) is 3.32. The molecule has 15 heavy (non-hydrogen) atoms. The van der Waals surface area contributed by atoms with Crippen LogP contribution in [0.1, 0.15) is 6.42 Å². The Morgan fingerprint density at radius 1 is 0.600 bits per heavy atom. The van der Waals surface area contributed by atoms with Crippen molar-refractivity contribution < 1.29 is 20.4 Å². The fourth-order valence-electron chi connectivity index (χ4n) is 1.31. The molecule has 0 amide bonds. The molecule has 0 aliphatic heterocycles. The molecule has 0 radical (unpaired) electrons. The third-order valence-corrected chi connectivity index (χ3v) is 2.18. The molecule has 0 aromatic rings. The van der Waals surface area contributed by atoms with Crippen molar-refractivity contribution in [1.29, 1.82) is 0 Å². The van der Waals surface area contributed by atoms with Gasteiger partial charge in [-0.3, -0.25) is 9.80 Å². The van der Waals surface area contributed by atoms with Crippen LogP contribution in [0.4, 0.5) is 0 Å². The first-order valence-electron chi connectivity index (χ1n) is 5.16. The Morgan fingerprint density at radius 3 is 1.27 bits per heavy atom. The monoisotopic (exact) mass is 222 g/mol. The number of aliphatic hydroxyl groups excluding tert-OH is 4. The molecule has 0 saturated heterocycles. The summed E-state index contributed by atoms with van der Waals surface area (Å²) < 4.78 is 0. The number of aliphatic hydroxyl groups is 4. The average Bonchev–Trinajstić information content (AvgIpc) is 2.26. The summed E-state index contributed by atoms with van der Waals surface area (Å²) in [5, 5.41) is 35.1. The van der Waals surface area contributed by atoms with Crippen molar-refractivity contribution in [3.63, 3.8) is 0 Å². The van der Waals surface area contributed by atoms with Crippen molar-refractivity contribution in [2.75, 3.05) is 52.9 Å². The molecule has 92 valence electrons. The lowest BCUT2D eigenvalue weighted by atomic mass is 10.3. The first kappa shape index (κ1) is 14.8. The van der Waals surface area contributed by atoms with Crippen LogP contribution in [-0.4, -0.2) is 83.1 Å². The van der Waals surface area contributed by atoms with Gasteiger partial charge in [-0.25, -0.2) is 0 Å². The molecule has 0 heterocycles. The first-order valence-corrected chi connectivity index (χ1v) is 5.16. The normalized spacial score (nSPS) is 11.6. The van der Waals surface area contributed by atoms with Crippen molar-refractivity contribution >= 4 is 0 Å². The Morgan fingerprint density at radius 2 is 1.00 bits per heavy atom. The summed E-state index contributed by atoms with van der Waals surface area (Å²) in [4.78, 5) is 3.43. The van der Waals surface area contributed by atoms with Crippen LogP contribution >= 0.6 is 0 Å². The third kappa shape index (κ3) is 7.66. The van der Waals surface area contributed by atoms with E-state index in [4.69, 9.17) is 20.4 Å². The van der Waals surface area contributed by atoms with E-state index < -0.39 is 0 Å². The lowest BCUT2D eigenvalue weighted by Gasteiger charge is -2.21. The molecule has 0 spiro atoms. The van der Waals surface area contributed by atoms with Gasteiger partial charge in [0.15, 0.2) is 0 Å². The maximum absolute atomic E-state index is 8.89. The third-order valence-electron chi connectivity index (χ3n) is 2.18. The maximum atomic E-state index is 8.89. The highest BCUT2D eigenvalue weighted by atomic mass is 16.3. The van der Waals surface area contributed by atoms with E-state index in [-0.39, 0.29) is 26.7 Å². The quantitative estimate of drug-likeness (QED) is 0.316. The topological polar surface area (TPSA) is 87.4 Å². The van der Waals surface area contributed by atoms with Crippen LogP contribution < -0.4 is 0 Å². The van der Waals surface area contributed by atoms with Crippen LogP contribution in [0, 0.1) is 0 Å². The van der Waals surface area contributed by atoms with Crippen molar-refractivity contribution in [2.45, 2.75) is 6.42 Å². The molecule has 0 saturated carbocycles. The Bertz CT molecular complexity index is 123. The van der Waals surface area contributed by atoms with Gasteiger partial charge in [-0.1, -0.05) is 0 Å². The zero-order valence-electron chi connectivity index (χ0n) is 9.05. The van der Waals surface area contributed by atoms with Crippen LogP contribution in [0.25, 0.3) is 0 Å². The van der Waals surface area contributed by atoms with E-state index in [9.17, 15) is 0 Å². The molecule has 0 aliphatic carbocycles. The number of hydrogen-bond acceptors (Lipinski definition) is 6. The molecule has 6 nitrogen and oxygen atoms in total. The minimum Gasteiger partial charge on any atom is -0.395 e. The zero-order chi connectivity index (χ0) is 11.5. The minimum absolute atomic E-state index is 0.0287. The van der Waals surface area contributed by atoms with E-state index in [1.807, 2.05) is 0 Å². The largest absolute Gasteiger partial charge is 0.395 e. The standard InChI is InChI=1S/C9H22N2O4/c12-6-4-10(8-14)2-1-3-11(9-15)5-7-13/h12-15H,1-9H2. The van der Waals surface area contributed by atoms with Crippen molar-refractivity contribution in [3.05, 3.63) is 0 Å². The Labute approximate surface area is 90.4 Å². The molecule has 0 aromatic carbocycles. The number of nitrogens with zero attached hydrogens (tertiary/aromatic N) is 2. The molecule has 0 atom stereocenters. The fourth-order valence-corrected chi connectivity index (χ4v) is 1.31. The van der Waals surface area contributed by atoms with Gasteiger partial charge in [0.2, 0.25) is 0 Å². The summed E-state index contributed by atoms with van der Waals surface area (Å²) in [5.74, 6) is 0. The average molecular weight is 222 g/mol. The summed E-state index contributed by atoms with van der Waals surface area (Å²) in [5.41, 5.74) is 0. The summed E-state index contributed by atoms with van der Waals surface area (Å²) in [6, 6.07) is 0. The molecule has 0 unspecified atom stereocenters. The van der Waals surface area contributed by atoms with Gasteiger partial charge in [-0.15, -0.1) is 0 Å². The highest BCUT2D eigenvalue weighted by Crippen LogP contribution is 1.93. The molecular weight excluding hydrogens is 200 g/mol. The molecular formula is C9H22N2O4. The van der Waals surface area contributed by atoms with Gasteiger partial charge in [-0.2, -0.15) is 0 Å². The van der Waals surface area contributed by atoms with Crippen LogP contribution in [0.3, 0.4) is 0 Å². The Hall–Kier alpha value is -0.240. The molecule has 0 rings (SSSR count). The SMILES string of the molecule is OCCN(CO)CCCN(CO)CCO. The maximum Gasteiger partial charge on any atom is 0.0957 e. The first-order chi connectivity index (χ1) is 7.28. The number of rotatable bonds is 10. The van der Waals surface area contributed by atoms with Crippen molar-refractivity contribution in [3.8, 4) is 0 Å². The smallest absolute Gasteiger partial charge is 0.0957 e. The lowest BCUT2D eigenvalue weighted by molar-refractivity contribution is 0.0653. The summed E-state index contributed by atoms with van der Waals surface area (Å²) >= 11 is 0. The van der Waals surface area contributed by atoms with Crippen LogP contribution in [0.5, 0.6) is 0 Å². The van der Waals surface area contributed by atoms with Crippen LogP contribution in [-0.2, 0) is 0 Å². The molecule has 0 aromatic heterocycles. The van der Waals surface area contributed by atoms with E-state index in [1.165, 1.54) is 0 Å². The van der Waals surface area contributed by atoms with Gasteiger partial charge in [0.25, 0.3) is 0 Å². The summed E-state index contributed by atoms with van der Waals surface area (Å²) in [6.07, 6.45) is 0.779. The highest BCUT2D eigenvalue weighted by molar-refractivity contribution is 4.57. The van der Waals surface area contributed by atoms with Gasteiger partial charge in [-0.05, 0) is 6.42 Å². The lowest BCUT2D eigenvalue weighted by Crippen LogP contribution is -2.34. The van der Waals surface area contributed by atoms with E-state index in [0.29, 0.717) is 26.2 Å². The van der Waals surface area contributed by atoms with Gasteiger partial charge in [0.05, 0.1) is 26.7 Å². The van der Waals surface area contributed by atoms with Gasteiger partial charge in [0.1, 0.15) is 0 Å². The van der Waals surface area contributed by atoms with Gasteiger partial charge >= 0.3 is 0 Å². The Balaban J connectivity index is 3.55. The van der Waals surface area contributed by atoms with Crippen molar-refractivity contribution in [2.24, 2.45) is 0 Å². The predicted octanol–water partition coefficient (Wildman–Crippen LogP) is -2.14. The molecule has 0 fully saturated rings. The van der Waals surface area contributed by atoms with E-state index in [2.05, 4.69) is 0 Å². The molecule has 0 aliphatic rings. The molecule has 6 heteroatoms. The Kier molecular flexibility index (Phi) is 10.1. The van der Waals surface area contributed by atoms with Gasteiger partial charge < -0.3 is 20.4 Å². The van der Waals surface area contributed by atoms with E-state index >= 15 is 0 Å². The van der Waals surface area contributed by atoms with Crippen LogP contribution in [0.15, 0.2) is 0 Å². The fraction of sp³-hybridized carbons (Fsp3) is 1.00. The molecule has 4 N–H and O–H groups in total. The predicted molar refractivity (Wildman–Crippen MR) is 56.1 cm³/mol. The van der Waals surface area contributed by atoms with Gasteiger partial charge in [0, 0.05) is 26.2 Å². The van der Waals surface area contributed by atoms with E-state index in [1.54, 1.807) is 9.80 Å². The highest BCUT2D eigenvalue weighted by Gasteiger charge is 2.05. The summed E-state index contributed by atoms with van der Waals surface area (Å²) in [6.45, 7) is 2.16. The minimum atomic E-state index is -0.0698. The second-order valence-corrected chi connectivity index (χ2v) is 3.32. The van der Waals surface area contributed by atoms with Crippen molar-refractivity contribution in [1.82, 2.24) is 9.80 Å². The summed E-state index contributed by atoms with van der Waals surface area (Å²) in [7, 11) is 0. The zero-order valence-corrected chi connectivity index (χ0v) is 9.05. The second kappa shape index (κ2) is 10.3. The molecule has 0 bridgehead atoms. The van der Waals surface area contributed by atoms with Crippen LogP contribution in [0.2, 0.25) is 0 Å².